The monoisotopic (exact) mass is 360 g/mol. The first-order chi connectivity index (χ1) is 11.9. The fourth-order valence-electron chi connectivity index (χ4n) is 2.49. The van der Waals surface area contributed by atoms with Gasteiger partial charge in [0.05, 0.1) is 14.2 Å². The third kappa shape index (κ3) is 5.87. The minimum Gasteiger partial charge on any atom is -0.508 e. The van der Waals surface area contributed by atoms with E-state index in [0.29, 0.717) is 11.5 Å². The molecule has 144 valence electrons. The van der Waals surface area contributed by atoms with Gasteiger partial charge in [0.15, 0.2) is 0 Å². The Morgan fingerprint density at radius 2 is 0.923 bits per heavy atom. The Morgan fingerprint density at radius 1 is 0.615 bits per heavy atom. The third-order valence-corrected chi connectivity index (χ3v) is 4.02. The summed E-state index contributed by atoms with van der Waals surface area (Å²) in [4.78, 5) is 0. The van der Waals surface area contributed by atoms with Crippen LogP contribution in [-0.4, -0.2) is 24.4 Å². The van der Waals surface area contributed by atoms with Crippen molar-refractivity contribution in [2.24, 2.45) is 0 Å². The molecule has 0 aliphatic heterocycles. The van der Waals surface area contributed by atoms with Crippen LogP contribution >= 0.6 is 0 Å². The van der Waals surface area contributed by atoms with Crippen molar-refractivity contribution in [1.29, 1.82) is 0 Å². The van der Waals surface area contributed by atoms with E-state index in [4.69, 9.17) is 9.47 Å². The summed E-state index contributed by atoms with van der Waals surface area (Å²) in [6.07, 6.45) is 0. The van der Waals surface area contributed by atoms with E-state index in [1.54, 1.807) is 38.5 Å². The largest absolute Gasteiger partial charge is 0.508 e. The molecule has 2 N–H and O–H groups in total. The highest BCUT2D eigenvalue weighted by atomic mass is 16.5. The minimum absolute atomic E-state index is 0.0569. The quantitative estimate of drug-likeness (QED) is 0.753. The second-order valence-electron chi connectivity index (χ2n) is 8.27. The smallest absolute Gasteiger partial charge is 0.119 e. The number of phenolic OH excluding ortho intramolecular Hbond substituents is 2. The van der Waals surface area contributed by atoms with Gasteiger partial charge >= 0.3 is 0 Å². The molecule has 0 saturated carbocycles. The van der Waals surface area contributed by atoms with Crippen molar-refractivity contribution in [3.8, 4) is 23.0 Å². The standard InChI is InChI=1S/2C11H16O2/c2*1-11(2,3)9-7-8(13-4)5-6-10(9)12/h2*5-7,12H,1-4H3. The molecule has 0 saturated heterocycles. The first-order valence-electron chi connectivity index (χ1n) is 8.65. The normalized spacial score (nSPS) is 11.4. The number of aromatic hydroxyl groups is 2. The molecule has 0 radical (unpaired) electrons. The zero-order valence-corrected chi connectivity index (χ0v) is 17.2. The molecule has 4 heteroatoms. The zero-order chi connectivity index (χ0) is 20.1. The average Bonchev–Trinajstić information content (AvgIpc) is 2.54. The number of methoxy groups -OCH3 is 2. The number of rotatable bonds is 2. The van der Waals surface area contributed by atoms with E-state index in [9.17, 15) is 10.2 Å². The van der Waals surface area contributed by atoms with Gasteiger partial charge in [0, 0.05) is 11.1 Å². The van der Waals surface area contributed by atoms with Crippen molar-refractivity contribution in [3.05, 3.63) is 47.5 Å². The van der Waals surface area contributed by atoms with Crippen LogP contribution in [0.15, 0.2) is 36.4 Å². The lowest BCUT2D eigenvalue weighted by atomic mass is 9.86. The highest BCUT2D eigenvalue weighted by Crippen LogP contribution is 2.34. The van der Waals surface area contributed by atoms with Crippen molar-refractivity contribution in [2.75, 3.05) is 14.2 Å². The van der Waals surface area contributed by atoms with Crippen molar-refractivity contribution in [1.82, 2.24) is 0 Å². The molecule has 4 nitrogen and oxygen atoms in total. The molecule has 0 unspecified atom stereocenters. The molecule has 0 bridgehead atoms. The van der Waals surface area contributed by atoms with E-state index >= 15 is 0 Å². The number of hydrogen-bond donors (Lipinski definition) is 2. The Morgan fingerprint density at radius 3 is 1.15 bits per heavy atom. The van der Waals surface area contributed by atoms with Crippen LogP contribution in [-0.2, 0) is 10.8 Å². The maximum Gasteiger partial charge on any atom is 0.119 e. The van der Waals surface area contributed by atoms with Gasteiger partial charge in [0.1, 0.15) is 23.0 Å². The van der Waals surface area contributed by atoms with Crippen LogP contribution in [0.4, 0.5) is 0 Å². The molecule has 0 aliphatic carbocycles. The summed E-state index contributed by atoms with van der Waals surface area (Å²) < 4.78 is 10.2. The number of hydrogen-bond acceptors (Lipinski definition) is 4. The van der Waals surface area contributed by atoms with Crippen molar-refractivity contribution < 1.29 is 19.7 Å². The second-order valence-corrected chi connectivity index (χ2v) is 8.27. The molecule has 0 aliphatic rings. The van der Waals surface area contributed by atoms with Crippen molar-refractivity contribution >= 4 is 0 Å². The molecule has 26 heavy (non-hydrogen) atoms. The summed E-state index contributed by atoms with van der Waals surface area (Å²) in [6.45, 7) is 12.3. The Hall–Kier alpha value is -2.36. The van der Waals surface area contributed by atoms with Crippen LogP contribution in [0.5, 0.6) is 23.0 Å². The summed E-state index contributed by atoms with van der Waals surface area (Å²) in [7, 11) is 3.25. The molecule has 2 rings (SSSR count). The van der Waals surface area contributed by atoms with Gasteiger partial charge in [-0.1, -0.05) is 41.5 Å². The molecule has 0 aromatic heterocycles. The van der Waals surface area contributed by atoms with Crippen LogP contribution in [0.25, 0.3) is 0 Å². The van der Waals surface area contributed by atoms with Crippen molar-refractivity contribution in [3.63, 3.8) is 0 Å². The topological polar surface area (TPSA) is 58.9 Å². The molecule has 2 aromatic carbocycles. The van der Waals surface area contributed by atoms with E-state index in [0.717, 1.165) is 22.6 Å². The van der Waals surface area contributed by atoms with Gasteiger partial charge in [-0.2, -0.15) is 0 Å². The highest BCUT2D eigenvalue weighted by Gasteiger charge is 2.19. The van der Waals surface area contributed by atoms with Crippen LogP contribution < -0.4 is 9.47 Å². The molecular formula is C22H32O4. The highest BCUT2D eigenvalue weighted by molar-refractivity contribution is 5.43. The number of benzene rings is 2. The Bertz CT molecular complexity index is 658. The zero-order valence-electron chi connectivity index (χ0n) is 17.2. The molecule has 0 amide bonds. The summed E-state index contributed by atoms with van der Waals surface area (Å²) in [5, 5.41) is 19.2. The lowest BCUT2D eigenvalue weighted by Gasteiger charge is -2.20. The third-order valence-electron chi connectivity index (χ3n) is 4.02. The lowest BCUT2D eigenvalue weighted by Crippen LogP contribution is -2.11. The van der Waals surface area contributed by atoms with Gasteiger partial charge in [-0.05, 0) is 47.2 Å². The van der Waals surface area contributed by atoms with E-state index in [1.807, 2.05) is 12.1 Å². The molecule has 0 spiro atoms. The summed E-state index contributed by atoms with van der Waals surface area (Å²) in [5.74, 6) is 2.21. The molecule has 0 heterocycles. The summed E-state index contributed by atoms with van der Waals surface area (Å²) >= 11 is 0. The van der Waals surface area contributed by atoms with E-state index in [2.05, 4.69) is 41.5 Å². The predicted molar refractivity (Wildman–Crippen MR) is 107 cm³/mol. The van der Waals surface area contributed by atoms with Gasteiger partial charge in [-0.3, -0.25) is 0 Å². The van der Waals surface area contributed by atoms with Gasteiger partial charge < -0.3 is 19.7 Å². The van der Waals surface area contributed by atoms with Gasteiger partial charge in [-0.25, -0.2) is 0 Å². The maximum absolute atomic E-state index is 9.61. The number of phenols is 2. The minimum atomic E-state index is -0.0569. The maximum atomic E-state index is 9.61. The van der Waals surface area contributed by atoms with E-state index in [-0.39, 0.29) is 10.8 Å². The first kappa shape index (κ1) is 21.7. The number of ether oxygens (including phenoxy) is 2. The van der Waals surface area contributed by atoms with Gasteiger partial charge in [0.2, 0.25) is 0 Å². The predicted octanol–water partition coefficient (Wildman–Crippen LogP) is 5.40. The molecule has 0 fully saturated rings. The van der Waals surface area contributed by atoms with Crippen LogP contribution in [0.3, 0.4) is 0 Å². The Kier molecular flexibility index (Phi) is 6.96. The van der Waals surface area contributed by atoms with Gasteiger partial charge in [-0.15, -0.1) is 0 Å². The Labute approximate surface area is 157 Å². The van der Waals surface area contributed by atoms with Gasteiger partial charge in [0.25, 0.3) is 0 Å². The average molecular weight is 360 g/mol. The van der Waals surface area contributed by atoms with Crippen molar-refractivity contribution in [2.45, 2.75) is 52.4 Å². The SMILES string of the molecule is COc1ccc(O)c(C(C)(C)C)c1.COc1ccc(O)c(C(C)(C)C)c1. The van der Waals surface area contributed by atoms with Crippen LogP contribution in [0.1, 0.15) is 52.7 Å². The Balaban J connectivity index is 0.000000260. The fourth-order valence-corrected chi connectivity index (χ4v) is 2.49. The summed E-state index contributed by atoms with van der Waals surface area (Å²) in [6, 6.07) is 10.6. The van der Waals surface area contributed by atoms with E-state index in [1.165, 1.54) is 0 Å². The van der Waals surface area contributed by atoms with Crippen LogP contribution in [0.2, 0.25) is 0 Å². The second kappa shape index (κ2) is 8.35. The van der Waals surface area contributed by atoms with Crippen LogP contribution in [0, 0.1) is 0 Å². The fraction of sp³-hybridized carbons (Fsp3) is 0.455. The summed E-state index contributed by atoms with van der Waals surface area (Å²) in [5.41, 5.74) is 1.70. The first-order valence-corrected chi connectivity index (χ1v) is 8.65. The van der Waals surface area contributed by atoms with E-state index < -0.39 is 0 Å². The molecular weight excluding hydrogens is 328 g/mol. The lowest BCUT2D eigenvalue weighted by molar-refractivity contribution is 0.405. The molecule has 2 aromatic rings. The molecule has 0 atom stereocenters.